The normalized spacial score (nSPS) is 32.7. The molecule has 2 aliphatic rings. The van der Waals surface area contributed by atoms with Crippen LogP contribution in [0.5, 0.6) is 0 Å². The number of allylic oxidation sites excluding steroid dienone is 2. The number of rotatable bonds is 3. The molecule has 0 heterocycles. The van der Waals surface area contributed by atoms with Gasteiger partial charge in [-0.15, -0.1) is 0 Å². The standard InChI is InChI=1S/C16H28S/c1-3-14(13-9-5-4-6-10-13)15-11-7-8-12-16(15)17-2/h3,13,15-16H,4-12H2,1-2H3/b14-3+. The van der Waals surface area contributed by atoms with Gasteiger partial charge in [0.05, 0.1) is 0 Å². The lowest BCUT2D eigenvalue weighted by atomic mass is 9.73. The van der Waals surface area contributed by atoms with Crippen LogP contribution in [-0.2, 0) is 0 Å². The van der Waals surface area contributed by atoms with E-state index in [0.29, 0.717) is 0 Å². The van der Waals surface area contributed by atoms with Gasteiger partial charge in [-0.25, -0.2) is 0 Å². The molecular weight excluding hydrogens is 224 g/mol. The maximum atomic E-state index is 2.48. The van der Waals surface area contributed by atoms with Crippen LogP contribution in [-0.4, -0.2) is 11.5 Å². The predicted molar refractivity (Wildman–Crippen MR) is 79.6 cm³/mol. The highest BCUT2D eigenvalue weighted by Crippen LogP contribution is 2.42. The van der Waals surface area contributed by atoms with Crippen molar-refractivity contribution in [1.82, 2.24) is 0 Å². The highest BCUT2D eigenvalue weighted by molar-refractivity contribution is 7.99. The lowest BCUT2D eigenvalue weighted by Gasteiger charge is -2.37. The van der Waals surface area contributed by atoms with Crippen LogP contribution in [0.4, 0.5) is 0 Å². The molecule has 0 aliphatic heterocycles. The highest BCUT2D eigenvalue weighted by Gasteiger charge is 2.31. The van der Waals surface area contributed by atoms with Gasteiger partial charge in [-0.05, 0) is 50.7 Å². The first-order chi connectivity index (χ1) is 8.36. The van der Waals surface area contributed by atoms with Crippen LogP contribution in [0.3, 0.4) is 0 Å². The summed E-state index contributed by atoms with van der Waals surface area (Å²) in [5.74, 6) is 1.85. The van der Waals surface area contributed by atoms with Gasteiger partial charge in [0, 0.05) is 5.25 Å². The fraction of sp³-hybridized carbons (Fsp3) is 0.875. The Morgan fingerprint density at radius 3 is 2.24 bits per heavy atom. The Kier molecular flexibility index (Phi) is 5.47. The Balaban J connectivity index is 2.05. The summed E-state index contributed by atoms with van der Waals surface area (Å²) in [4.78, 5) is 0. The van der Waals surface area contributed by atoms with E-state index in [2.05, 4.69) is 31.0 Å². The summed E-state index contributed by atoms with van der Waals surface area (Å²) >= 11 is 2.12. The first-order valence-corrected chi connectivity index (χ1v) is 8.84. The highest BCUT2D eigenvalue weighted by atomic mass is 32.2. The summed E-state index contributed by atoms with van der Waals surface area (Å²) in [6, 6.07) is 0. The van der Waals surface area contributed by atoms with Crippen molar-refractivity contribution in [1.29, 1.82) is 0 Å². The molecule has 17 heavy (non-hydrogen) atoms. The van der Waals surface area contributed by atoms with Gasteiger partial charge in [0.2, 0.25) is 0 Å². The zero-order valence-corrected chi connectivity index (χ0v) is 12.4. The van der Waals surface area contributed by atoms with Gasteiger partial charge in [0.1, 0.15) is 0 Å². The van der Waals surface area contributed by atoms with E-state index in [9.17, 15) is 0 Å². The van der Waals surface area contributed by atoms with Crippen molar-refractivity contribution in [2.24, 2.45) is 11.8 Å². The molecule has 0 spiro atoms. The molecule has 2 aliphatic carbocycles. The van der Waals surface area contributed by atoms with Crippen molar-refractivity contribution in [3.05, 3.63) is 11.6 Å². The number of thioether (sulfide) groups is 1. The Hall–Kier alpha value is 0.0900. The summed E-state index contributed by atoms with van der Waals surface area (Å²) < 4.78 is 0. The molecule has 1 heteroatoms. The molecule has 2 fully saturated rings. The Labute approximate surface area is 112 Å². The minimum absolute atomic E-state index is 0.909. The van der Waals surface area contributed by atoms with E-state index in [1.165, 1.54) is 57.8 Å². The van der Waals surface area contributed by atoms with E-state index >= 15 is 0 Å². The van der Waals surface area contributed by atoms with Gasteiger partial charge in [0.25, 0.3) is 0 Å². The monoisotopic (exact) mass is 252 g/mol. The van der Waals surface area contributed by atoms with Crippen molar-refractivity contribution in [3.8, 4) is 0 Å². The Morgan fingerprint density at radius 1 is 0.941 bits per heavy atom. The van der Waals surface area contributed by atoms with E-state index in [4.69, 9.17) is 0 Å². The fourth-order valence-corrected chi connectivity index (χ4v) is 4.97. The van der Waals surface area contributed by atoms with Crippen molar-refractivity contribution in [3.63, 3.8) is 0 Å². The predicted octanol–water partition coefficient (Wildman–Crippen LogP) is 5.43. The van der Waals surface area contributed by atoms with Crippen LogP contribution in [0.25, 0.3) is 0 Å². The second-order valence-electron chi connectivity index (χ2n) is 5.79. The summed E-state index contributed by atoms with van der Waals surface area (Å²) in [6.45, 7) is 2.29. The second-order valence-corrected chi connectivity index (χ2v) is 6.87. The van der Waals surface area contributed by atoms with Crippen molar-refractivity contribution in [2.75, 3.05) is 6.26 Å². The first kappa shape index (κ1) is 13.5. The van der Waals surface area contributed by atoms with Gasteiger partial charge >= 0.3 is 0 Å². The molecule has 98 valence electrons. The van der Waals surface area contributed by atoms with Gasteiger partial charge in [-0.1, -0.05) is 43.8 Å². The van der Waals surface area contributed by atoms with E-state index in [-0.39, 0.29) is 0 Å². The molecule has 0 saturated heterocycles. The molecule has 0 N–H and O–H groups in total. The fourth-order valence-electron chi connectivity index (χ4n) is 3.95. The van der Waals surface area contributed by atoms with Crippen LogP contribution < -0.4 is 0 Å². The SMILES string of the molecule is C/C=C(\C1CCCCC1)C1CCCCC1SC. The van der Waals surface area contributed by atoms with Crippen LogP contribution in [0.1, 0.15) is 64.7 Å². The van der Waals surface area contributed by atoms with E-state index in [0.717, 1.165) is 17.1 Å². The molecule has 2 unspecified atom stereocenters. The first-order valence-electron chi connectivity index (χ1n) is 7.55. The van der Waals surface area contributed by atoms with Gasteiger partial charge in [-0.2, -0.15) is 11.8 Å². The summed E-state index contributed by atoms with van der Waals surface area (Å²) in [7, 11) is 0. The maximum absolute atomic E-state index is 2.48. The molecule has 0 aromatic heterocycles. The minimum atomic E-state index is 0.909. The molecule has 0 amide bonds. The third kappa shape index (κ3) is 3.30. The second kappa shape index (κ2) is 6.87. The van der Waals surface area contributed by atoms with Crippen LogP contribution in [0.2, 0.25) is 0 Å². The molecule has 0 radical (unpaired) electrons. The molecular formula is C16H28S. The Bertz CT molecular complexity index is 250. The molecule has 2 saturated carbocycles. The molecule has 2 rings (SSSR count). The number of hydrogen-bond acceptors (Lipinski definition) is 1. The molecule has 0 bridgehead atoms. The lowest BCUT2D eigenvalue weighted by molar-refractivity contribution is 0.332. The van der Waals surface area contributed by atoms with Crippen molar-refractivity contribution >= 4 is 11.8 Å². The third-order valence-electron chi connectivity index (χ3n) is 4.84. The van der Waals surface area contributed by atoms with E-state index in [1.807, 2.05) is 5.57 Å². The largest absolute Gasteiger partial charge is 0.161 e. The summed E-state index contributed by atoms with van der Waals surface area (Å²) in [5, 5.41) is 0.914. The minimum Gasteiger partial charge on any atom is -0.161 e. The van der Waals surface area contributed by atoms with E-state index < -0.39 is 0 Å². The average molecular weight is 252 g/mol. The molecule has 2 atom stereocenters. The lowest BCUT2D eigenvalue weighted by Crippen LogP contribution is -2.27. The van der Waals surface area contributed by atoms with Crippen LogP contribution in [0.15, 0.2) is 11.6 Å². The zero-order valence-electron chi connectivity index (χ0n) is 11.6. The topological polar surface area (TPSA) is 0 Å². The van der Waals surface area contributed by atoms with Crippen molar-refractivity contribution in [2.45, 2.75) is 70.0 Å². The molecule has 0 nitrogen and oxygen atoms in total. The van der Waals surface area contributed by atoms with Gasteiger partial charge in [-0.3, -0.25) is 0 Å². The smallest absolute Gasteiger partial charge is 0.0110 e. The van der Waals surface area contributed by atoms with Crippen molar-refractivity contribution < 1.29 is 0 Å². The molecule has 0 aromatic carbocycles. The maximum Gasteiger partial charge on any atom is 0.0110 e. The van der Waals surface area contributed by atoms with Gasteiger partial charge < -0.3 is 0 Å². The summed E-state index contributed by atoms with van der Waals surface area (Å²) in [5.41, 5.74) is 1.84. The Morgan fingerprint density at radius 2 is 1.59 bits per heavy atom. The third-order valence-corrected chi connectivity index (χ3v) is 6.01. The number of hydrogen-bond donors (Lipinski definition) is 0. The van der Waals surface area contributed by atoms with E-state index in [1.54, 1.807) is 0 Å². The quantitative estimate of drug-likeness (QED) is 0.603. The zero-order chi connectivity index (χ0) is 12.1. The average Bonchev–Trinajstić information content (AvgIpc) is 2.41. The van der Waals surface area contributed by atoms with Gasteiger partial charge in [0.15, 0.2) is 0 Å². The van der Waals surface area contributed by atoms with Crippen LogP contribution >= 0.6 is 11.8 Å². The molecule has 0 aromatic rings. The van der Waals surface area contributed by atoms with Crippen LogP contribution in [0, 0.1) is 11.8 Å². The summed E-state index contributed by atoms with van der Waals surface area (Å²) in [6.07, 6.45) is 18.0.